The van der Waals surface area contributed by atoms with Crippen molar-refractivity contribution in [1.82, 2.24) is 5.32 Å². The van der Waals surface area contributed by atoms with Crippen LogP contribution in [0.1, 0.15) is 21.5 Å². The number of nitrogens with one attached hydrogen (secondary N) is 1. The summed E-state index contributed by atoms with van der Waals surface area (Å²) >= 11 is 12.0. The van der Waals surface area contributed by atoms with Gasteiger partial charge in [0.2, 0.25) is 0 Å². The molecular formula is C16H16Cl2N2O. The summed E-state index contributed by atoms with van der Waals surface area (Å²) in [6, 6.07) is 13.0. The maximum Gasteiger partial charge on any atom is 0.254 e. The van der Waals surface area contributed by atoms with Crippen LogP contribution in [0, 0.1) is 0 Å². The Labute approximate surface area is 134 Å². The molecular weight excluding hydrogens is 307 g/mol. The zero-order valence-electron chi connectivity index (χ0n) is 11.4. The predicted molar refractivity (Wildman–Crippen MR) is 86.8 cm³/mol. The number of benzene rings is 2. The highest BCUT2D eigenvalue weighted by Gasteiger charge is 2.13. The van der Waals surface area contributed by atoms with Crippen LogP contribution in [0.3, 0.4) is 0 Å². The number of rotatable bonds is 5. The number of nitrogens with two attached hydrogens (primary N) is 1. The third kappa shape index (κ3) is 4.21. The highest BCUT2D eigenvalue weighted by Crippen LogP contribution is 2.24. The van der Waals surface area contributed by atoms with Crippen molar-refractivity contribution in [2.45, 2.75) is 13.0 Å². The van der Waals surface area contributed by atoms with Crippen LogP contribution < -0.4 is 11.1 Å². The fourth-order valence-corrected chi connectivity index (χ4v) is 2.55. The first-order valence-electron chi connectivity index (χ1n) is 6.62. The second-order valence-electron chi connectivity index (χ2n) is 4.63. The standard InChI is InChI=1S/C16H16Cl2N2O/c17-13-2-1-3-14(18)15(13)16(21)20-10-12-6-4-11(5-7-12)8-9-19/h1-7H,8-10,19H2,(H,20,21). The van der Waals surface area contributed by atoms with Gasteiger partial charge in [0.1, 0.15) is 0 Å². The zero-order valence-corrected chi connectivity index (χ0v) is 12.9. The molecule has 5 heteroatoms. The predicted octanol–water partition coefficient (Wildman–Crippen LogP) is 3.42. The summed E-state index contributed by atoms with van der Waals surface area (Å²) in [7, 11) is 0. The summed E-state index contributed by atoms with van der Waals surface area (Å²) in [6.45, 7) is 1.05. The fourth-order valence-electron chi connectivity index (χ4n) is 1.98. The number of amides is 1. The molecule has 2 aromatic rings. The number of hydrogen-bond donors (Lipinski definition) is 2. The van der Waals surface area contributed by atoms with Crippen LogP contribution in [0.15, 0.2) is 42.5 Å². The van der Waals surface area contributed by atoms with Crippen molar-refractivity contribution >= 4 is 29.1 Å². The van der Waals surface area contributed by atoms with E-state index in [1.165, 1.54) is 5.56 Å². The molecule has 1 amide bonds. The molecule has 0 spiro atoms. The van der Waals surface area contributed by atoms with E-state index in [1.54, 1.807) is 18.2 Å². The summed E-state index contributed by atoms with van der Waals surface area (Å²) in [5.74, 6) is -0.281. The van der Waals surface area contributed by atoms with Gasteiger partial charge >= 0.3 is 0 Å². The quantitative estimate of drug-likeness (QED) is 0.886. The molecule has 0 saturated heterocycles. The Kier molecular flexibility index (Phi) is 5.62. The molecule has 0 bridgehead atoms. The average Bonchev–Trinajstić information content (AvgIpc) is 2.47. The molecule has 0 saturated carbocycles. The van der Waals surface area contributed by atoms with Gasteiger partial charge in [0.25, 0.3) is 5.91 Å². The van der Waals surface area contributed by atoms with E-state index in [1.807, 2.05) is 24.3 Å². The van der Waals surface area contributed by atoms with Crippen molar-refractivity contribution in [2.75, 3.05) is 6.54 Å². The Morgan fingerprint density at radius 2 is 1.57 bits per heavy atom. The molecule has 0 aliphatic heterocycles. The van der Waals surface area contributed by atoms with E-state index >= 15 is 0 Å². The van der Waals surface area contributed by atoms with Crippen molar-refractivity contribution in [3.05, 3.63) is 69.2 Å². The largest absolute Gasteiger partial charge is 0.348 e. The van der Waals surface area contributed by atoms with Gasteiger partial charge in [-0.2, -0.15) is 0 Å². The second-order valence-corrected chi connectivity index (χ2v) is 5.45. The summed E-state index contributed by atoms with van der Waals surface area (Å²) in [5, 5.41) is 3.51. The molecule has 2 aromatic carbocycles. The molecule has 3 nitrogen and oxygen atoms in total. The highest BCUT2D eigenvalue weighted by molar-refractivity contribution is 6.39. The Morgan fingerprint density at radius 3 is 2.14 bits per heavy atom. The number of carbonyl (C=O) groups is 1. The minimum Gasteiger partial charge on any atom is -0.348 e. The minimum atomic E-state index is -0.281. The third-order valence-electron chi connectivity index (χ3n) is 3.10. The van der Waals surface area contributed by atoms with Crippen LogP contribution >= 0.6 is 23.2 Å². The first kappa shape index (κ1) is 15.8. The molecule has 21 heavy (non-hydrogen) atoms. The molecule has 0 heterocycles. The van der Waals surface area contributed by atoms with Crippen LogP contribution in [-0.4, -0.2) is 12.5 Å². The van der Waals surface area contributed by atoms with Gasteiger partial charge in [0.05, 0.1) is 15.6 Å². The SMILES string of the molecule is NCCc1ccc(CNC(=O)c2c(Cl)cccc2Cl)cc1. The fraction of sp³-hybridized carbons (Fsp3) is 0.188. The first-order chi connectivity index (χ1) is 10.1. The van der Waals surface area contributed by atoms with Crippen molar-refractivity contribution in [3.8, 4) is 0 Å². The maximum atomic E-state index is 12.1. The summed E-state index contributed by atoms with van der Waals surface area (Å²) in [6.07, 6.45) is 0.849. The van der Waals surface area contributed by atoms with Gasteiger partial charge in [0.15, 0.2) is 0 Å². The minimum absolute atomic E-state index is 0.281. The smallest absolute Gasteiger partial charge is 0.254 e. The molecule has 0 unspecified atom stereocenters. The van der Waals surface area contributed by atoms with E-state index in [0.29, 0.717) is 28.7 Å². The van der Waals surface area contributed by atoms with Gasteiger partial charge in [-0.3, -0.25) is 4.79 Å². The second kappa shape index (κ2) is 7.46. The Balaban J connectivity index is 2.01. The van der Waals surface area contributed by atoms with Crippen molar-refractivity contribution < 1.29 is 4.79 Å². The number of carbonyl (C=O) groups excluding carboxylic acids is 1. The maximum absolute atomic E-state index is 12.1. The lowest BCUT2D eigenvalue weighted by molar-refractivity contribution is 0.0951. The zero-order chi connectivity index (χ0) is 15.2. The Hall–Kier alpha value is -1.55. The Morgan fingerprint density at radius 1 is 1.00 bits per heavy atom. The van der Waals surface area contributed by atoms with Crippen LogP contribution in [0.25, 0.3) is 0 Å². The first-order valence-corrected chi connectivity index (χ1v) is 7.37. The van der Waals surface area contributed by atoms with Gasteiger partial charge in [-0.05, 0) is 36.2 Å². The van der Waals surface area contributed by atoms with E-state index < -0.39 is 0 Å². The van der Waals surface area contributed by atoms with E-state index in [2.05, 4.69) is 5.32 Å². The summed E-state index contributed by atoms with van der Waals surface area (Å²) in [4.78, 5) is 12.1. The molecule has 2 rings (SSSR count). The van der Waals surface area contributed by atoms with E-state index in [4.69, 9.17) is 28.9 Å². The van der Waals surface area contributed by atoms with Crippen molar-refractivity contribution in [1.29, 1.82) is 0 Å². The molecule has 0 aliphatic carbocycles. The summed E-state index contributed by atoms with van der Waals surface area (Å²) < 4.78 is 0. The van der Waals surface area contributed by atoms with Gasteiger partial charge in [-0.15, -0.1) is 0 Å². The molecule has 3 N–H and O–H groups in total. The van der Waals surface area contributed by atoms with E-state index in [-0.39, 0.29) is 5.91 Å². The van der Waals surface area contributed by atoms with Crippen LogP contribution in [-0.2, 0) is 13.0 Å². The van der Waals surface area contributed by atoms with Gasteiger partial charge in [-0.1, -0.05) is 53.5 Å². The van der Waals surface area contributed by atoms with Gasteiger partial charge in [0, 0.05) is 6.54 Å². The topological polar surface area (TPSA) is 55.1 Å². The molecule has 0 aromatic heterocycles. The molecule has 0 atom stereocenters. The van der Waals surface area contributed by atoms with E-state index in [9.17, 15) is 4.79 Å². The lowest BCUT2D eigenvalue weighted by Gasteiger charge is -2.09. The number of halogens is 2. The molecule has 0 aliphatic rings. The average molecular weight is 323 g/mol. The van der Waals surface area contributed by atoms with Gasteiger partial charge in [-0.25, -0.2) is 0 Å². The number of hydrogen-bond acceptors (Lipinski definition) is 2. The van der Waals surface area contributed by atoms with Crippen molar-refractivity contribution in [3.63, 3.8) is 0 Å². The lowest BCUT2D eigenvalue weighted by atomic mass is 10.1. The lowest BCUT2D eigenvalue weighted by Crippen LogP contribution is -2.23. The highest BCUT2D eigenvalue weighted by atomic mass is 35.5. The van der Waals surface area contributed by atoms with Crippen LogP contribution in [0.2, 0.25) is 10.0 Å². The summed E-state index contributed by atoms with van der Waals surface area (Å²) in [5.41, 5.74) is 8.00. The van der Waals surface area contributed by atoms with E-state index in [0.717, 1.165) is 12.0 Å². The molecule has 0 fully saturated rings. The van der Waals surface area contributed by atoms with Crippen LogP contribution in [0.5, 0.6) is 0 Å². The Bertz CT molecular complexity index is 606. The molecule has 0 radical (unpaired) electrons. The van der Waals surface area contributed by atoms with Gasteiger partial charge < -0.3 is 11.1 Å². The third-order valence-corrected chi connectivity index (χ3v) is 3.73. The monoisotopic (exact) mass is 322 g/mol. The van der Waals surface area contributed by atoms with Crippen LogP contribution in [0.4, 0.5) is 0 Å². The normalized spacial score (nSPS) is 10.4. The van der Waals surface area contributed by atoms with Crippen molar-refractivity contribution in [2.24, 2.45) is 5.73 Å². The molecule has 110 valence electrons.